The predicted molar refractivity (Wildman–Crippen MR) is 138 cm³/mol. The summed E-state index contributed by atoms with van der Waals surface area (Å²) in [6, 6.07) is 8.56. The molecule has 0 spiro atoms. The van der Waals surface area contributed by atoms with Crippen molar-refractivity contribution in [3.05, 3.63) is 85.7 Å². The molecule has 0 radical (unpaired) electrons. The summed E-state index contributed by atoms with van der Waals surface area (Å²) in [6.07, 6.45) is 2.02. The molecule has 0 amide bonds. The molecule has 202 valence electrons. The van der Waals surface area contributed by atoms with Gasteiger partial charge in [-0.3, -0.25) is 30.2 Å². The Labute approximate surface area is 218 Å². The largest absolute Gasteiger partial charge is 0.465 e. The Morgan fingerprint density at radius 1 is 1.11 bits per heavy atom. The van der Waals surface area contributed by atoms with Crippen LogP contribution in [0, 0.1) is 20.2 Å². The number of aromatic nitrogens is 3. The third-order valence-corrected chi connectivity index (χ3v) is 8.55. The second-order valence-electron chi connectivity index (χ2n) is 9.56. The molecule has 1 atom stereocenters. The van der Waals surface area contributed by atoms with Crippen LogP contribution >= 0.6 is 0 Å². The maximum atomic E-state index is 13.8. The molecule has 0 bridgehead atoms. The Balaban J connectivity index is 2.04. The number of nitrogens with one attached hydrogen (secondary N) is 1. The van der Waals surface area contributed by atoms with Crippen molar-refractivity contribution in [3.63, 3.8) is 0 Å². The number of ether oxygens (including phenoxy) is 1. The molecule has 0 aliphatic rings. The molecule has 1 heterocycles. The summed E-state index contributed by atoms with van der Waals surface area (Å²) in [7, 11) is -4.96. The van der Waals surface area contributed by atoms with Crippen LogP contribution in [0.2, 0.25) is 19.6 Å². The highest BCUT2D eigenvalue weighted by Gasteiger charge is 2.37. The van der Waals surface area contributed by atoms with Gasteiger partial charge in [-0.15, -0.1) is 5.10 Å². The van der Waals surface area contributed by atoms with E-state index in [4.69, 9.17) is 0 Å². The lowest BCUT2D eigenvalue weighted by Crippen LogP contribution is -2.30. The Hall–Kier alpha value is -4.02. The molecular formula is C22H26N6O8SSi. The number of methoxy groups -OCH3 is 1. The zero-order valence-electron chi connectivity index (χ0n) is 21.0. The molecule has 16 heteroatoms. The highest BCUT2D eigenvalue weighted by atomic mass is 32.2. The Kier molecular flexibility index (Phi) is 8.38. The zero-order chi connectivity index (χ0) is 28.3. The van der Waals surface area contributed by atoms with Crippen LogP contribution in [0.3, 0.4) is 0 Å². The van der Waals surface area contributed by atoms with Crippen molar-refractivity contribution in [2.45, 2.75) is 42.6 Å². The number of hydrogen-bond acceptors (Lipinski definition) is 11. The number of nitro groups is 2. The lowest BCUT2D eigenvalue weighted by atomic mass is 10.1. The van der Waals surface area contributed by atoms with Crippen LogP contribution in [0.4, 0.5) is 11.4 Å². The van der Waals surface area contributed by atoms with Crippen LogP contribution in [-0.2, 0) is 27.3 Å². The van der Waals surface area contributed by atoms with Crippen molar-refractivity contribution in [3.8, 4) is 0 Å². The number of esters is 1. The summed E-state index contributed by atoms with van der Waals surface area (Å²) < 4.78 is 33.7. The maximum Gasteiger partial charge on any atom is 0.337 e. The van der Waals surface area contributed by atoms with Crippen molar-refractivity contribution >= 4 is 35.3 Å². The molecule has 1 unspecified atom stereocenters. The Morgan fingerprint density at radius 3 is 2.32 bits per heavy atom. The van der Waals surface area contributed by atoms with E-state index in [2.05, 4.69) is 40.0 Å². The fourth-order valence-electron chi connectivity index (χ4n) is 3.59. The third-order valence-electron chi connectivity index (χ3n) is 5.29. The molecule has 1 N–H and O–H groups in total. The van der Waals surface area contributed by atoms with E-state index < -0.39 is 55.4 Å². The molecule has 0 saturated carbocycles. The summed E-state index contributed by atoms with van der Waals surface area (Å²) in [5.41, 5.74) is -0.640. The summed E-state index contributed by atoms with van der Waals surface area (Å²) in [4.78, 5) is 32.0. The van der Waals surface area contributed by atoms with Crippen LogP contribution in [0.15, 0.2) is 53.6 Å². The van der Waals surface area contributed by atoms with Gasteiger partial charge < -0.3 is 4.74 Å². The number of carbonyl (C=O) groups excluding carboxylic acids is 1. The van der Waals surface area contributed by atoms with E-state index in [1.807, 2.05) is 0 Å². The minimum atomic E-state index is -4.55. The topological polar surface area (TPSA) is 189 Å². The smallest absolute Gasteiger partial charge is 0.337 e. The van der Waals surface area contributed by atoms with E-state index in [1.165, 1.54) is 30.1 Å². The molecule has 14 nitrogen and oxygen atoms in total. The van der Waals surface area contributed by atoms with Crippen LogP contribution in [-0.4, -0.2) is 54.4 Å². The standard InChI is InChI=1S/C22H26N6O8SSi/c1-36-22(29)16-7-5-15(6-8-16)12-23-21(18-13-26(25-24-18)14-38(2,3)4)37(34,35)20-10-9-17(27(30)31)11-19(20)28(32)33/h5-11,13,21,23H,12,14H2,1-4H3. The molecule has 38 heavy (non-hydrogen) atoms. The highest BCUT2D eigenvalue weighted by molar-refractivity contribution is 7.91. The van der Waals surface area contributed by atoms with E-state index in [0.717, 1.165) is 12.1 Å². The first-order valence-corrected chi connectivity index (χ1v) is 16.5. The molecule has 3 aromatic rings. The molecule has 0 fully saturated rings. The molecule has 1 aromatic heterocycles. The van der Waals surface area contributed by atoms with Gasteiger partial charge in [0, 0.05) is 18.8 Å². The number of carbonyl (C=O) groups is 1. The fourth-order valence-corrected chi connectivity index (χ4v) is 6.38. The second kappa shape index (κ2) is 11.2. The van der Waals surface area contributed by atoms with Gasteiger partial charge in [0.05, 0.1) is 42.9 Å². The van der Waals surface area contributed by atoms with E-state index in [-0.39, 0.29) is 12.2 Å². The molecule has 0 aliphatic carbocycles. The third kappa shape index (κ3) is 6.64. The summed E-state index contributed by atoms with van der Waals surface area (Å²) >= 11 is 0. The first kappa shape index (κ1) is 28.5. The maximum absolute atomic E-state index is 13.8. The monoisotopic (exact) mass is 562 g/mol. The van der Waals surface area contributed by atoms with Crippen LogP contribution in [0.1, 0.15) is 27.0 Å². The first-order valence-electron chi connectivity index (χ1n) is 11.2. The molecule has 2 aromatic carbocycles. The lowest BCUT2D eigenvalue weighted by Gasteiger charge is -2.18. The van der Waals surface area contributed by atoms with Gasteiger partial charge in [-0.2, -0.15) is 0 Å². The average molecular weight is 563 g/mol. The summed E-state index contributed by atoms with van der Waals surface area (Å²) in [5, 5.41) is 32.2. The normalized spacial score (nSPS) is 12.6. The zero-order valence-corrected chi connectivity index (χ0v) is 22.8. The van der Waals surface area contributed by atoms with Gasteiger partial charge in [0.2, 0.25) is 9.84 Å². The van der Waals surface area contributed by atoms with E-state index in [9.17, 15) is 33.4 Å². The molecular weight excluding hydrogens is 536 g/mol. The van der Waals surface area contributed by atoms with Gasteiger partial charge in [0.15, 0.2) is 5.37 Å². The number of nitrogens with zero attached hydrogens (tertiary/aromatic N) is 5. The van der Waals surface area contributed by atoms with Crippen LogP contribution in [0.25, 0.3) is 0 Å². The highest BCUT2D eigenvalue weighted by Crippen LogP contribution is 2.34. The van der Waals surface area contributed by atoms with Gasteiger partial charge in [-0.1, -0.05) is 37.0 Å². The lowest BCUT2D eigenvalue weighted by molar-refractivity contribution is -0.396. The minimum Gasteiger partial charge on any atom is -0.465 e. The van der Waals surface area contributed by atoms with Crippen LogP contribution < -0.4 is 5.32 Å². The van der Waals surface area contributed by atoms with Crippen molar-refractivity contribution in [1.29, 1.82) is 0 Å². The van der Waals surface area contributed by atoms with Gasteiger partial charge in [-0.25, -0.2) is 13.2 Å². The number of rotatable bonds is 11. The Bertz CT molecular complexity index is 1470. The minimum absolute atomic E-state index is 0.00193. The predicted octanol–water partition coefficient (Wildman–Crippen LogP) is 3.02. The summed E-state index contributed by atoms with van der Waals surface area (Å²) in [6.45, 7) is 6.27. The van der Waals surface area contributed by atoms with E-state index in [1.54, 1.807) is 12.1 Å². The molecule has 0 aliphatic heterocycles. The number of benzene rings is 2. The summed E-state index contributed by atoms with van der Waals surface area (Å²) in [5.74, 6) is -0.533. The first-order chi connectivity index (χ1) is 17.7. The number of nitro benzene ring substituents is 2. The van der Waals surface area contributed by atoms with Gasteiger partial charge in [-0.05, 0) is 23.8 Å². The number of non-ortho nitro benzene ring substituents is 1. The Morgan fingerprint density at radius 2 is 1.76 bits per heavy atom. The second-order valence-corrected chi connectivity index (χ2v) is 17.0. The van der Waals surface area contributed by atoms with Crippen molar-refractivity contribution in [1.82, 2.24) is 20.3 Å². The van der Waals surface area contributed by atoms with Gasteiger partial charge in [0.25, 0.3) is 11.4 Å². The number of hydrogen-bond donors (Lipinski definition) is 1. The molecule has 3 rings (SSSR count). The van der Waals surface area contributed by atoms with Gasteiger partial charge >= 0.3 is 5.97 Å². The quantitative estimate of drug-likeness (QED) is 0.156. The SMILES string of the molecule is COC(=O)c1ccc(CNC(c2cn(C[Si](C)(C)C)nn2)S(=O)(=O)c2ccc([N+](=O)[O-])cc2[N+](=O)[O-])cc1. The average Bonchev–Trinajstić information content (AvgIpc) is 3.29. The van der Waals surface area contributed by atoms with E-state index in [0.29, 0.717) is 23.4 Å². The van der Waals surface area contributed by atoms with Crippen LogP contribution in [0.5, 0.6) is 0 Å². The fraction of sp³-hybridized carbons (Fsp3) is 0.318. The van der Waals surface area contributed by atoms with Crippen molar-refractivity contribution < 1.29 is 27.8 Å². The van der Waals surface area contributed by atoms with E-state index >= 15 is 0 Å². The number of sulfone groups is 1. The molecule has 0 saturated heterocycles. The van der Waals surface area contributed by atoms with Crippen molar-refractivity contribution in [2.24, 2.45) is 0 Å². The van der Waals surface area contributed by atoms with Crippen molar-refractivity contribution in [2.75, 3.05) is 7.11 Å². The van der Waals surface area contributed by atoms with Gasteiger partial charge in [0.1, 0.15) is 10.6 Å².